The van der Waals surface area contributed by atoms with E-state index >= 15 is 0 Å². The maximum atomic E-state index is 4.46. The van der Waals surface area contributed by atoms with Gasteiger partial charge in [0.25, 0.3) is 0 Å². The monoisotopic (exact) mass is 268 g/mol. The van der Waals surface area contributed by atoms with E-state index in [4.69, 9.17) is 0 Å². The van der Waals surface area contributed by atoms with Crippen molar-refractivity contribution in [3.05, 3.63) is 42.2 Å². The van der Waals surface area contributed by atoms with Crippen molar-refractivity contribution in [1.82, 2.24) is 10.3 Å². The Morgan fingerprint density at radius 2 is 2.05 bits per heavy atom. The van der Waals surface area contributed by atoms with E-state index in [0.717, 1.165) is 12.5 Å². The molecule has 1 N–H and O–H groups in total. The van der Waals surface area contributed by atoms with Gasteiger partial charge in [-0.05, 0) is 41.7 Å². The molecule has 1 saturated carbocycles. The number of rotatable bonds is 5. The second-order valence-corrected chi connectivity index (χ2v) is 6.68. The van der Waals surface area contributed by atoms with Crippen LogP contribution < -0.4 is 5.32 Å². The molecule has 3 rings (SSSR count). The Morgan fingerprint density at radius 3 is 2.75 bits per heavy atom. The first-order valence-corrected chi connectivity index (χ1v) is 7.69. The van der Waals surface area contributed by atoms with Crippen molar-refractivity contribution in [2.24, 2.45) is 11.3 Å². The van der Waals surface area contributed by atoms with E-state index in [-0.39, 0.29) is 0 Å². The van der Waals surface area contributed by atoms with E-state index in [1.165, 1.54) is 29.2 Å². The molecule has 0 saturated heterocycles. The zero-order chi connectivity index (χ0) is 14.2. The molecule has 2 aromatic rings. The number of pyridine rings is 1. The van der Waals surface area contributed by atoms with E-state index in [9.17, 15) is 0 Å². The SMILES string of the molecule is CCCNC(c1cncc2ccccc12)C1CC1(C)C. The fourth-order valence-corrected chi connectivity index (χ4v) is 3.23. The molecule has 1 heterocycles. The van der Waals surface area contributed by atoms with E-state index in [1.807, 2.05) is 6.20 Å². The highest BCUT2D eigenvalue weighted by Gasteiger charge is 2.50. The molecule has 0 radical (unpaired) electrons. The largest absolute Gasteiger partial charge is 0.310 e. The van der Waals surface area contributed by atoms with Gasteiger partial charge in [-0.1, -0.05) is 45.0 Å². The van der Waals surface area contributed by atoms with Gasteiger partial charge in [-0.2, -0.15) is 0 Å². The van der Waals surface area contributed by atoms with Gasteiger partial charge in [0.15, 0.2) is 0 Å². The standard InChI is InChI=1S/C18H24N2/c1-4-9-20-17(16-10-18(16,2)3)15-12-19-11-13-7-5-6-8-14(13)15/h5-8,11-12,16-17,20H,4,9-10H2,1-3H3. The third-order valence-electron chi connectivity index (χ3n) is 4.64. The number of nitrogens with one attached hydrogen (secondary N) is 1. The van der Waals surface area contributed by atoms with Crippen LogP contribution in [0.15, 0.2) is 36.7 Å². The lowest BCUT2D eigenvalue weighted by Gasteiger charge is -2.22. The average Bonchev–Trinajstić information content (AvgIpc) is 3.08. The number of benzene rings is 1. The van der Waals surface area contributed by atoms with E-state index in [0.29, 0.717) is 11.5 Å². The van der Waals surface area contributed by atoms with Crippen molar-refractivity contribution in [2.45, 2.75) is 39.7 Å². The average molecular weight is 268 g/mol. The van der Waals surface area contributed by atoms with Crippen LogP contribution in [0.3, 0.4) is 0 Å². The Hall–Kier alpha value is -1.41. The summed E-state index contributed by atoms with van der Waals surface area (Å²) in [6.45, 7) is 8.04. The molecule has 0 amide bonds. The van der Waals surface area contributed by atoms with Gasteiger partial charge in [0.2, 0.25) is 0 Å². The first-order chi connectivity index (χ1) is 9.63. The molecule has 0 bridgehead atoms. The van der Waals surface area contributed by atoms with Crippen LogP contribution in [0.4, 0.5) is 0 Å². The molecule has 0 aliphatic heterocycles. The predicted molar refractivity (Wildman–Crippen MR) is 84.7 cm³/mol. The van der Waals surface area contributed by atoms with Crippen LogP contribution in [0.25, 0.3) is 10.8 Å². The predicted octanol–water partition coefficient (Wildman–Crippen LogP) is 4.32. The molecule has 20 heavy (non-hydrogen) atoms. The third-order valence-corrected chi connectivity index (χ3v) is 4.64. The normalized spacial score (nSPS) is 21.9. The highest BCUT2D eigenvalue weighted by Crippen LogP contribution is 2.58. The molecule has 1 fully saturated rings. The van der Waals surface area contributed by atoms with Gasteiger partial charge in [0, 0.05) is 23.8 Å². The number of fused-ring (bicyclic) bond motifs is 1. The highest BCUT2D eigenvalue weighted by molar-refractivity contribution is 5.85. The maximum Gasteiger partial charge on any atom is 0.0375 e. The van der Waals surface area contributed by atoms with Gasteiger partial charge in [-0.25, -0.2) is 0 Å². The Kier molecular flexibility index (Phi) is 3.51. The topological polar surface area (TPSA) is 24.9 Å². The summed E-state index contributed by atoms with van der Waals surface area (Å²) in [7, 11) is 0. The van der Waals surface area contributed by atoms with E-state index in [2.05, 4.69) is 61.5 Å². The zero-order valence-corrected chi connectivity index (χ0v) is 12.7. The van der Waals surface area contributed by atoms with Crippen LogP contribution in [0.1, 0.15) is 45.2 Å². The molecule has 106 valence electrons. The van der Waals surface area contributed by atoms with Crippen molar-refractivity contribution in [3.8, 4) is 0 Å². The molecule has 2 nitrogen and oxygen atoms in total. The van der Waals surface area contributed by atoms with E-state index in [1.54, 1.807) is 0 Å². The summed E-state index contributed by atoms with van der Waals surface area (Å²) in [6, 6.07) is 9.02. The lowest BCUT2D eigenvalue weighted by atomic mass is 9.94. The second kappa shape index (κ2) is 5.17. The van der Waals surface area contributed by atoms with Crippen LogP contribution in [-0.4, -0.2) is 11.5 Å². The fourth-order valence-electron chi connectivity index (χ4n) is 3.23. The molecule has 2 unspecified atom stereocenters. The third kappa shape index (κ3) is 2.45. The molecule has 0 spiro atoms. The summed E-state index contributed by atoms with van der Waals surface area (Å²) in [5.74, 6) is 0.724. The maximum absolute atomic E-state index is 4.46. The minimum absolute atomic E-state index is 0.434. The van der Waals surface area contributed by atoms with Crippen LogP contribution in [0, 0.1) is 11.3 Å². The lowest BCUT2D eigenvalue weighted by Crippen LogP contribution is -2.25. The Balaban J connectivity index is 2.00. The van der Waals surface area contributed by atoms with Gasteiger partial charge in [0.05, 0.1) is 0 Å². The van der Waals surface area contributed by atoms with Crippen LogP contribution in [-0.2, 0) is 0 Å². The summed E-state index contributed by atoms with van der Waals surface area (Å²) in [4.78, 5) is 4.46. The van der Waals surface area contributed by atoms with Crippen molar-refractivity contribution < 1.29 is 0 Å². The molecule has 2 heteroatoms. The van der Waals surface area contributed by atoms with Crippen LogP contribution in [0.2, 0.25) is 0 Å². The molecule has 1 aliphatic carbocycles. The van der Waals surface area contributed by atoms with Crippen molar-refractivity contribution >= 4 is 10.8 Å². The molecule has 1 aromatic carbocycles. The van der Waals surface area contributed by atoms with Crippen molar-refractivity contribution in [2.75, 3.05) is 6.54 Å². The van der Waals surface area contributed by atoms with Crippen LogP contribution in [0.5, 0.6) is 0 Å². The summed E-state index contributed by atoms with van der Waals surface area (Å²) in [5.41, 5.74) is 1.83. The molecule has 1 aliphatic rings. The molecule has 1 aromatic heterocycles. The number of hydrogen-bond acceptors (Lipinski definition) is 2. The van der Waals surface area contributed by atoms with Crippen LogP contribution >= 0.6 is 0 Å². The second-order valence-electron chi connectivity index (χ2n) is 6.68. The number of nitrogens with zero attached hydrogens (tertiary/aromatic N) is 1. The molecular formula is C18H24N2. The van der Waals surface area contributed by atoms with E-state index < -0.39 is 0 Å². The highest BCUT2D eigenvalue weighted by atomic mass is 14.9. The zero-order valence-electron chi connectivity index (χ0n) is 12.7. The van der Waals surface area contributed by atoms with Gasteiger partial charge < -0.3 is 5.32 Å². The fraction of sp³-hybridized carbons (Fsp3) is 0.500. The van der Waals surface area contributed by atoms with Gasteiger partial charge in [0.1, 0.15) is 0 Å². The minimum Gasteiger partial charge on any atom is -0.310 e. The van der Waals surface area contributed by atoms with Gasteiger partial charge in [-0.3, -0.25) is 4.98 Å². The quantitative estimate of drug-likeness (QED) is 0.873. The Bertz CT molecular complexity index is 598. The van der Waals surface area contributed by atoms with Crippen molar-refractivity contribution in [1.29, 1.82) is 0 Å². The summed E-state index contributed by atoms with van der Waals surface area (Å²) in [6.07, 6.45) is 6.50. The summed E-state index contributed by atoms with van der Waals surface area (Å²) in [5, 5.41) is 6.34. The van der Waals surface area contributed by atoms with Crippen molar-refractivity contribution in [3.63, 3.8) is 0 Å². The van der Waals surface area contributed by atoms with Gasteiger partial charge >= 0.3 is 0 Å². The first kappa shape index (κ1) is 13.6. The molecular weight excluding hydrogens is 244 g/mol. The summed E-state index contributed by atoms with van der Waals surface area (Å²) >= 11 is 0. The lowest BCUT2D eigenvalue weighted by molar-refractivity contribution is 0.417. The Morgan fingerprint density at radius 1 is 1.30 bits per heavy atom. The number of hydrogen-bond donors (Lipinski definition) is 1. The summed E-state index contributed by atoms with van der Waals surface area (Å²) < 4.78 is 0. The smallest absolute Gasteiger partial charge is 0.0375 e. The van der Waals surface area contributed by atoms with Gasteiger partial charge in [-0.15, -0.1) is 0 Å². The molecule has 2 atom stereocenters. The minimum atomic E-state index is 0.434. The Labute approximate surface area is 121 Å². The first-order valence-electron chi connectivity index (χ1n) is 7.69. The number of aromatic nitrogens is 1.